The lowest BCUT2D eigenvalue weighted by Gasteiger charge is -2.24. The van der Waals surface area contributed by atoms with Crippen molar-refractivity contribution < 1.29 is 5.11 Å². The average molecular weight is 324 g/mol. The van der Waals surface area contributed by atoms with Gasteiger partial charge in [-0.1, -0.05) is 0 Å². The van der Waals surface area contributed by atoms with Gasteiger partial charge in [0.05, 0.1) is 6.61 Å². The molecule has 0 aromatic carbocycles. The van der Waals surface area contributed by atoms with Crippen LogP contribution in [0.15, 0.2) is 15.9 Å². The predicted molar refractivity (Wildman–Crippen MR) is 77.4 cm³/mol. The number of aliphatic hydroxyl groups excluding tert-OH is 1. The molecule has 0 fully saturated rings. The molecule has 0 aliphatic carbocycles. The summed E-state index contributed by atoms with van der Waals surface area (Å²) >= 11 is 6.91. The highest BCUT2D eigenvalue weighted by Crippen LogP contribution is 2.26. The van der Waals surface area contributed by atoms with Crippen LogP contribution in [0.3, 0.4) is 0 Å². The molecule has 92 valence electrons. The van der Waals surface area contributed by atoms with Crippen molar-refractivity contribution in [1.82, 2.24) is 5.32 Å². The van der Waals surface area contributed by atoms with Gasteiger partial charge < -0.3 is 10.4 Å². The van der Waals surface area contributed by atoms with Gasteiger partial charge >= 0.3 is 0 Å². The fourth-order valence-corrected chi connectivity index (χ4v) is 3.67. The highest BCUT2D eigenvalue weighted by molar-refractivity contribution is 9.10. The van der Waals surface area contributed by atoms with Crippen LogP contribution in [0.2, 0.25) is 0 Å². The van der Waals surface area contributed by atoms with Crippen molar-refractivity contribution in [3.8, 4) is 0 Å². The van der Waals surface area contributed by atoms with E-state index < -0.39 is 0 Å². The third-order valence-corrected chi connectivity index (χ3v) is 5.61. The van der Waals surface area contributed by atoms with Gasteiger partial charge in [0.1, 0.15) is 0 Å². The van der Waals surface area contributed by atoms with Gasteiger partial charge in [-0.2, -0.15) is 11.8 Å². The van der Waals surface area contributed by atoms with E-state index >= 15 is 0 Å². The highest BCUT2D eigenvalue weighted by atomic mass is 79.9. The molecule has 0 radical (unpaired) electrons. The fraction of sp³-hybridized carbons (Fsp3) is 0.636. The minimum Gasteiger partial charge on any atom is -0.395 e. The van der Waals surface area contributed by atoms with Crippen molar-refractivity contribution in [3.63, 3.8) is 0 Å². The first kappa shape index (κ1) is 14.5. The van der Waals surface area contributed by atoms with E-state index in [0.29, 0.717) is 12.1 Å². The van der Waals surface area contributed by atoms with Crippen LogP contribution in [0.25, 0.3) is 0 Å². The number of thioether (sulfide) groups is 1. The van der Waals surface area contributed by atoms with E-state index in [-0.39, 0.29) is 11.9 Å². The molecule has 0 aliphatic rings. The van der Waals surface area contributed by atoms with Crippen molar-refractivity contribution in [2.45, 2.75) is 31.2 Å². The van der Waals surface area contributed by atoms with Gasteiger partial charge in [-0.3, -0.25) is 0 Å². The Hall–Kier alpha value is 0.450. The van der Waals surface area contributed by atoms with E-state index in [9.17, 15) is 5.11 Å². The lowest BCUT2D eigenvalue weighted by Crippen LogP contribution is -2.38. The maximum absolute atomic E-state index is 9.22. The molecule has 1 aromatic heterocycles. The molecule has 16 heavy (non-hydrogen) atoms. The Morgan fingerprint density at radius 2 is 2.25 bits per heavy atom. The molecule has 1 heterocycles. The minimum atomic E-state index is 0.218. The van der Waals surface area contributed by atoms with E-state index in [4.69, 9.17) is 0 Å². The van der Waals surface area contributed by atoms with Gasteiger partial charge in [0.2, 0.25) is 0 Å². The van der Waals surface area contributed by atoms with Crippen molar-refractivity contribution in [2.24, 2.45) is 0 Å². The molecule has 0 aliphatic heterocycles. The molecule has 3 unspecified atom stereocenters. The molecule has 1 rings (SSSR count). The van der Waals surface area contributed by atoms with Crippen LogP contribution in [0.4, 0.5) is 0 Å². The third-order valence-electron chi connectivity index (χ3n) is 2.57. The van der Waals surface area contributed by atoms with E-state index in [0.717, 1.165) is 4.47 Å². The number of aliphatic hydroxyl groups is 1. The summed E-state index contributed by atoms with van der Waals surface area (Å²) in [6, 6.07) is 2.77. The lowest BCUT2D eigenvalue weighted by atomic mass is 10.2. The number of hydrogen-bond acceptors (Lipinski definition) is 4. The van der Waals surface area contributed by atoms with E-state index in [2.05, 4.69) is 46.5 Å². The molecule has 5 heteroatoms. The SMILES string of the molecule is CSC(CO)C(C)NC(C)c1cc(Br)cs1. The van der Waals surface area contributed by atoms with Crippen molar-refractivity contribution in [1.29, 1.82) is 0 Å². The maximum atomic E-state index is 9.22. The second-order valence-corrected chi connectivity index (χ2v) is 6.74. The minimum absolute atomic E-state index is 0.218. The summed E-state index contributed by atoms with van der Waals surface area (Å²) in [5.41, 5.74) is 0. The average Bonchev–Trinajstić information content (AvgIpc) is 2.66. The van der Waals surface area contributed by atoms with Crippen LogP contribution in [0.5, 0.6) is 0 Å². The summed E-state index contributed by atoms with van der Waals surface area (Å²) in [6.07, 6.45) is 2.03. The molecule has 1 aromatic rings. The zero-order chi connectivity index (χ0) is 12.1. The van der Waals surface area contributed by atoms with Crippen LogP contribution in [-0.4, -0.2) is 29.3 Å². The third kappa shape index (κ3) is 4.04. The van der Waals surface area contributed by atoms with Gasteiger partial charge in [-0.25, -0.2) is 0 Å². The maximum Gasteiger partial charge on any atom is 0.0564 e. The topological polar surface area (TPSA) is 32.3 Å². The van der Waals surface area contributed by atoms with Crippen LogP contribution < -0.4 is 5.32 Å². The first-order valence-electron chi connectivity index (χ1n) is 5.22. The zero-order valence-electron chi connectivity index (χ0n) is 9.74. The van der Waals surface area contributed by atoms with Crippen molar-refractivity contribution in [3.05, 3.63) is 20.8 Å². The Kier molecular flexibility index (Phi) is 6.36. The molecule has 3 atom stereocenters. The van der Waals surface area contributed by atoms with Gasteiger partial charge in [0, 0.05) is 32.1 Å². The summed E-state index contributed by atoms with van der Waals surface area (Å²) in [4.78, 5) is 1.32. The second kappa shape index (κ2) is 7.01. The molecule has 0 bridgehead atoms. The standard InChI is InChI=1S/C11H18BrNOS2/c1-7(10-4-9(12)6-16-10)13-8(2)11(5-14)15-3/h4,6-8,11,13-14H,5H2,1-3H3. The molecule has 0 saturated carbocycles. The Labute approximate surface area is 114 Å². The fourth-order valence-electron chi connectivity index (χ4n) is 1.58. The molecular weight excluding hydrogens is 306 g/mol. The zero-order valence-corrected chi connectivity index (χ0v) is 13.0. The quantitative estimate of drug-likeness (QED) is 0.842. The van der Waals surface area contributed by atoms with E-state index in [1.54, 1.807) is 23.1 Å². The summed E-state index contributed by atoms with van der Waals surface area (Å²) in [5.74, 6) is 0. The summed E-state index contributed by atoms with van der Waals surface area (Å²) in [5, 5.41) is 15.1. The molecule has 0 spiro atoms. The summed E-state index contributed by atoms with van der Waals surface area (Å²) in [6.45, 7) is 4.50. The molecular formula is C11H18BrNOS2. The number of thiophene rings is 1. The number of nitrogens with one attached hydrogen (secondary N) is 1. The van der Waals surface area contributed by atoms with Crippen LogP contribution in [0, 0.1) is 0 Å². The van der Waals surface area contributed by atoms with Gasteiger partial charge in [-0.15, -0.1) is 11.3 Å². The molecule has 0 amide bonds. The van der Waals surface area contributed by atoms with Crippen LogP contribution in [-0.2, 0) is 0 Å². The Bertz CT molecular complexity index is 315. The number of rotatable bonds is 6. The Balaban J connectivity index is 2.53. The van der Waals surface area contributed by atoms with E-state index in [1.807, 2.05) is 6.26 Å². The molecule has 2 nitrogen and oxygen atoms in total. The monoisotopic (exact) mass is 323 g/mol. The largest absolute Gasteiger partial charge is 0.395 e. The van der Waals surface area contributed by atoms with Gasteiger partial charge in [0.15, 0.2) is 0 Å². The first-order valence-corrected chi connectivity index (χ1v) is 8.18. The Morgan fingerprint density at radius 3 is 2.69 bits per heavy atom. The second-order valence-electron chi connectivity index (χ2n) is 3.80. The summed E-state index contributed by atoms with van der Waals surface area (Å²) < 4.78 is 1.14. The van der Waals surface area contributed by atoms with Crippen molar-refractivity contribution >= 4 is 39.0 Å². The van der Waals surface area contributed by atoms with Crippen LogP contribution in [0.1, 0.15) is 24.8 Å². The predicted octanol–water partition coefficient (Wildman–Crippen LogP) is 3.27. The Morgan fingerprint density at radius 1 is 1.56 bits per heavy atom. The number of halogens is 1. The lowest BCUT2D eigenvalue weighted by molar-refractivity contribution is 0.272. The van der Waals surface area contributed by atoms with Gasteiger partial charge in [-0.05, 0) is 42.1 Å². The summed E-state index contributed by atoms with van der Waals surface area (Å²) in [7, 11) is 0. The normalized spacial score (nSPS) is 17.1. The van der Waals surface area contributed by atoms with E-state index in [1.165, 1.54) is 4.88 Å². The molecule has 0 saturated heterocycles. The molecule has 2 N–H and O–H groups in total. The number of hydrogen-bond donors (Lipinski definition) is 2. The van der Waals surface area contributed by atoms with Crippen molar-refractivity contribution in [2.75, 3.05) is 12.9 Å². The van der Waals surface area contributed by atoms with Gasteiger partial charge in [0.25, 0.3) is 0 Å². The first-order chi connectivity index (χ1) is 7.58. The smallest absolute Gasteiger partial charge is 0.0564 e. The van der Waals surface area contributed by atoms with Crippen LogP contribution >= 0.6 is 39.0 Å². The highest BCUT2D eigenvalue weighted by Gasteiger charge is 2.18.